The van der Waals surface area contributed by atoms with Crippen LogP contribution in [0.15, 0.2) is 139 Å². The second-order valence-electron chi connectivity index (χ2n) is 9.40. The molecule has 8 heteroatoms. The molecule has 0 bridgehead atoms. The summed E-state index contributed by atoms with van der Waals surface area (Å²) >= 11 is 1.34. The fourth-order valence-corrected chi connectivity index (χ4v) is 4.87. The molecule has 0 radical (unpaired) electrons. The minimum Gasteiger partial charge on any atom is -0.457 e. The summed E-state index contributed by atoms with van der Waals surface area (Å²) < 4.78 is 11.6. The van der Waals surface area contributed by atoms with Crippen LogP contribution in [0.2, 0.25) is 0 Å². The number of hydrogen-bond acceptors (Lipinski definition) is 6. The quantitative estimate of drug-likeness (QED) is 0.177. The van der Waals surface area contributed by atoms with E-state index >= 15 is 0 Å². The number of thiazole rings is 1. The van der Waals surface area contributed by atoms with Crippen molar-refractivity contribution < 1.29 is 19.1 Å². The van der Waals surface area contributed by atoms with E-state index in [9.17, 15) is 9.59 Å². The molecule has 2 N–H and O–H groups in total. The van der Waals surface area contributed by atoms with Crippen LogP contribution in [0.25, 0.3) is 11.3 Å². The Labute approximate surface area is 252 Å². The lowest BCUT2D eigenvalue weighted by Gasteiger charge is -2.08. The molecule has 210 valence electrons. The third kappa shape index (κ3) is 7.13. The van der Waals surface area contributed by atoms with Crippen LogP contribution in [-0.4, -0.2) is 16.8 Å². The maximum Gasteiger partial charge on any atom is 0.257 e. The molecule has 0 atom stereocenters. The predicted octanol–water partition coefficient (Wildman–Crippen LogP) is 8.90. The van der Waals surface area contributed by atoms with Gasteiger partial charge in [-0.3, -0.25) is 14.9 Å². The van der Waals surface area contributed by atoms with Crippen LogP contribution < -0.4 is 20.1 Å². The monoisotopic (exact) mass is 583 g/mol. The Bertz CT molecular complexity index is 1820. The van der Waals surface area contributed by atoms with Crippen LogP contribution in [0, 0.1) is 0 Å². The molecule has 0 aliphatic carbocycles. The second kappa shape index (κ2) is 12.8. The van der Waals surface area contributed by atoms with Crippen molar-refractivity contribution in [2.45, 2.75) is 0 Å². The lowest BCUT2D eigenvalue weighted by Crippen LogP contribution is -2.11. The van der Waals surface area contributed by atoms with Crippen molar-refractivity contribution in [2.24, 2.45) is 0 Å². The van der Waals surface area contributed by atoms with Crippen molar-refractivity contribution in [1.82, 2.24) is 4.98 Å². The zero-order valence-corrected chi connectivity index (χ0v) is 23.6. The molecule has 0 spiro atoms. The van der Waals surface area contributed by atoms with Gasteiger partial charge in [-0.1, -0.05) is 48.5 Å². The lowest BCUT2D eigenvalue weighted by atomic mass is 10.1. The van der Waals surface area contributed by atoms with Gasteiger partial charge in [0, 0.05) is 27.8 Å². The SMILES string of the molecule is O=C(Nc1ccc(-c2csc(NC(=O)c3ccc(Oc4ccccc4)cc3)n2)cc1)c1ccc(Oc2ccccc2)cc1. The number of rotatable bonds is 9. The van der Waals surface area contributed by atoms with Gasteiger partial charge in [0.2, 0.25) is 0 Å². The summed E-state index contributed by atoms with van der Waals surface area (Å²) in [5.74, 6) is 2.27. The molecule has 43 heavy (non-hydrogen) atoms. The van der Waals surface area contributed by atoms with E-state index in [2.05, 4.69) is 15.6 Å². The van der Waals surface area contributed by atoms with Gasteiger partial charge in [-0.15, -0.1) is 11.3 Å². The van der Waals surface area contributed by atoms with Crippen molar-refractivity contribution in [2.75, 3.05) is 10.6 Å². The second-order valence-corrected chi connectivity index (χ2v) is 10.3. The Morgan fingerprint density at radius 1 is 0.535 bits per heavy atom. The van der Waals surface area contributed by atoms with Gasteiger partial charge in [-0.2, -0.15) is 0 Å². The molecular weight excluding hydrogens is 558 g/mol. The molecule has 1 aromatic heterocycles. The van der Waals surface area contributed by atoms with E-state index in [1.807, 2.05) is 90.3 Å². The zero-order valence-electron chi connectivity index (χ0n) is 22.8. The fraction of sp³-hybridized carbons (Fsp3) is 0. The highest BCUT2D eigenvalue weighted by Gasteiger charge is 2.12. The molecule has 0 aliphatic rings. The number of benzene rings is 5. The maximum absolute atomic E-state index is 12.8. The molecule has 7 nitrogen and oxygen atoms in total. The Morgan fingerprint density at radius 2 is 1.00 bits per heavy atom. The lowest BCUT2D eigenvalue weighted by molar-refractivity contribution is 0.101. The first kappa shape index (κ1) is 27.4. The van der Waals surface area contributed by atoms with Crippen molar-refractivity contribution in [1.29, 1.82) is 0 Å². The number of carbonyl (C=O) groups is 2. The van der Waals surface area contributed by atoms with E-state index in [0.717, 1.165) is 22.8 Å². The molecule has 0 saturated carbocycles. The first-order valence-electron chi connectivity index (χ1n) is 13.4. The van der Waals surface area contributed by atoms with Crippen LogP contribution in [-0.2, 0) is 0 Å². The topological polar surface area (TPSA) is 89.6 Å². The minimum atomic E-state index is -0.259. The third-order valence-electron chi connectivity index (χ3n) is 6.35. The van der Waals surface area contributed by atoms with Gasteiger partial charge in [-0.25, -0.2) is 4.98 Å². The zero-order chi connectivity index (χ0) is 29.4. The highest BCUT2D eigenvalue weighted by molar-refractivity contribution is 7.14. The predicted molar refractivity (Wildman–Crippen MR) is 169 cm³/mol. The molecule has 0 aliphatic heterocycles. The number of para-hydroxylation sites is 2. The minimum absolute atomic E-state index is 0.225. The van der Waals surface area contributed by atoms with Crippen molar-refractivity contribution >= 4 is 34.0 Å². The summed E-state index contributed by atoms with van der Waals surface area (Å²) in [6, 6.07) is 40.2. The number of hydrogen-bond donors (Lipinski definition) is 2. The first-order chi connectivity index (χ1) is 21.1. The molecular formula is C35H25N3O4S. The average Bonchev–Trinajstić information content (AvgIpc) is 3.51. The fourth-order valence-electron chi connectivity index (χ4n) is 4.16. The molecule has 1 heterocycles. The van der Waals surface area contributed by atoms with Crippen LogP contribution in [0.1, 0.15) is 20.7 Å². The van der Waals surface area contributed by atoms with Crippen LogP contribution in [0.4, 0.5) is 10.8 Å². The Morgan fingerprint density at radius 3 is 1.51 bits per heavy atom. The number of ether oxygens (including phenoxy) is 2. The van der Waals surface area contributed by atoms with Crippen molar-refractivity contribution in [3.8, 4) is 34.3 Å². The third-order valence-corrected chi connectivity index (χ3v) is 7.11. The standard InChI is InChI=1S/C35H25N3O4S/c39-33(25-13-19-30(20-14-25)41-28-7-3-1-4-8-28)36-27-17-11-24(12-18-27)32-23-43-35(37-32)38-34(40)26-15-21-31(22-16-26)42-29-9-5-2-6-10-29/h1-23H,(H,36,39)(H,37,38,40). The molecule has 6 aromatic rings. The summed E-state index contributed by atoms with van der Waals surface area (Å²) in [5.41, 5.74) is 3.25. The number of nitrogens with zero attached hydrogens (tertiary/aromatic N) is 1. The van der Waals surface area contributed by atoms with E-state index in [1.165, 1.54) is 11.3 Å². The summed E-state index contributed by atoms with van der Waals surface area (Å²) in [7, 11) is 0. The summed E-state index contributed by atoms with van der Waals surface area (Å²) in [6.07, 6.45) is 0. The van der Waals surface area contributed by atoms with Crippen molar-refractivity contribution in [3.05, 3.63) is 150 Å². The Balaban J connectivity index is 1.03. The van der Waals surface area contributed by atoms with Gasteiger partial charge < -0.3 is 14.8 Å². The summed E-state index contributed by atoms with van der Waals surface area (Å²) in [6.45, 7) is 0. The van der Waals surface area contributed by atoms with Gasteiger partial charge >= 0.3 is 0 Å². The van der Waals surface area contributed by atoms with Crippen LogP contribution >= 0.6 is 11.3 Å². The van der Waals surface area contributed by atoms with E-state index in [-0.39, 0.29) is 11.8 Å². The van der Waals surface area contributed by atoms with Gasteiger partial charge in [0.15, 0.2) is 5.13 Å². The highest BCUT2D eigenvalue weighted by atomic mass is 32.1. The molecule has 0 unspecified atom stereocenters. The van der Waals surface area contributed by atoms with Gasteiger partial charge in [0.05, 0.1) is 5.69 Å². The van der Waals surface area contributed by atoms with Crippen LogP contribution in [0.5, 0.6) is 23.0 Å². The van der Waals surface area contributed by atoms with Gasteiger partial charge in [-0.05, 0) is 84.9 Å². The van der Waals surface area contributed by atoms with Gasteiger partial charge in [0.1, 0.15) is 23.0 Å². The van der Waals surface area contributed by atoms with Gasteiger partial charge in [0.25, 0.3) is 11.8 Å². The van der Waals surface area contributed by atoms with E-state index in [4.69, 9.17) is 9.47 Å². The largest absolute Gasteiger partial charge is 0.457 e. The maximum atomic E-state index is 12.8. The number of nitrogens with one attached hydrogen (secondary N) is 2. The number of anilines is 2. The molecule has 2 amide bonds. The molecule has 0 saturated heterocycles. The van der Waals surface area contributed by atoms with E-state index in [0.29, 0.717) is 33.4 Å². The Kier molecular flexibility index (Phi) is 8.20. The number of amides is 2. The molecule has 0 fully saturated rings. The summed E-state index contributed by atoms with van der Waals surface area (Å²) in [5, 5.41) is 8.12. The van der Waals surface area contributed by atoms with Crippen molar-refractivity contribution in [3.63, 3.8) is 0 Å². The smallest absolute Gasteiger partial charge is 0.257 e. The average molecular weight is 584 g/mol. The van der Waals surface area contributed by atoms with E-state index in [1.54, 1.807) is 48.5 Å². The molecule has 6 rings (SSSR count). The number of carbonyl (C=O) groups excluding carboxylic acids is 2. The Hall–Kier alpha value is -5.73. The first-order valence-corrected chi connectivity index (χ1v) is 14.3. The molecule has 5 aromatic carbocycles. The van der Waals surface area contributed by atoms with E-state index < -0.39 is 0 Å². The number of aromatic nitrogens is 1. The normalized spacial score (nSPS) is 10.5. The highest BCUT2D eigenvalue weighted by Crippen LogP contribution is 2.28. The van der Waals surface area contributed by atoms with Crippen LogP contribution in [0.3, 0.4) is 0 Å². The summed E-state index contributed by atoms with van der Waals surface area (Å²) in [4.78, 5) is 30.1.